The molecule has 35 heavy (non-hydrogen) atoms. The molecule has 0 radical (unpaired) electrons. The summed E-state index contributed by atoms with van der Waals surface area (Å²) in [7, 11) is 0. The molecule has 2 saturated heterocycles. The predicted octanol–water partition coefficient (Wildman–Crippen LogP) is 4.59. The molecule has 0 bridgehead atoms. The number of piperidine rings is 1. The number of nitrogens with one attached hydrogen (secondary N) is 1. The van der Waals surface area contributed by atoms with E-state index in [0.29, 0.717) is 47.4 Å². The van der Waals surface area contributed by atoms with Gasteiger partial charge < -0.3 is 19.5 Å². The molecule has 2 atom stereocenters. The van der Waals surface area contributed by atoms with Crippen molar-refractivity contribution in [2.45, 2.75) is 51.7 Å². The van der Waals surface area contributed by atoms with Gasteiger partial charge in [-0.25, -0.2) is 14.8 Å². The van der Waals surface area contributed by atoms with Gasteiger partial charge >= 0.3 is 6.09 Å². The number of imide groups is 1. The molecule has 2 aromatic rings. The zero-order valence-electron chi connectivity index (χ0n) is 19.4. The van der Waals surface area contributed by atoms with Gasteiger partial charge in [0.25, 0.3) is 11.1 Å². The molecule has 0 spiro atoms. The van der Waals surface area contributed by atoms with Crippen LogP contribution in [-0.4, -0.2) is 55.9 Å². The minimum absolute atomic E-state index is 0.0746. The van der Waals surface area contributed by atoms with Crippen molar-refractivity contribution in [3.05, 3.63) is 46.6 Å². The average Bonchev–Trinajstić information content (AvgIpc) is 3.14. The summed E-state index contributed by atoms with van der Waals surface area (Å²) in [5.74, 6) is 0.899. The largest absolute Gasteiger partial charge is 0.474 e. The SMILES string of the molecule is CCCC1CC(Oc2ncnc(Oc3ccc(C=C4SC(=O)NC4=O)cc3)c2C)CCN1C(=O)O. The lowest BCUT2D eigenvalue weighted by molar-refractivity contribution is -0.115. The van der Waals surface area contributed by atoms with Crippen LogP contribution >= 0.6 is 11.8 Å². The van der Waals surface area contributed by atoms with Crippen LogP contribution in [-0.2, 0) is 4.79 Å². The van der Waals surface area contributed by atoms with Gasteiger partial charge in [0.15, 0.2) is 0 Å². The number of aromatic nitrogens is 2. The van der Waals surface area contributed by atoms with E-state index in [-0.39, 0.29) is 17.4 Å². The van der Waals surface area contributed by atoms with Crippen molar-refractivity contribution >= 4 is 35.1 Å². The van der Waals surface area contributed by atoms with E-state index in [4.69, 9.17) is 9.47 Å². The van der Waals surface area contributed by atoms with E-state index >= 15 is 0 Å². The van der Waals surface area contributed by atoms with Crippen LogP contribution in [0.15, 0.2) is 35.5 Å². The second kappa shape index (κ2) is 10.8. The van der Waals surface area contributed by atoms with Gasteiger partial charge in [0.05, 0.1) is 10.5 Å². The van der Waals surface area contributed by atoms with E-state index in [1.165, 1.54) is 11.2 Å². The Morgan fingerprint density at radius 2 is 2.00 bits per heavy atom. The van der Waals surface area contributed by atoms with Crippen molar-refractivity contribution in [1.82, 2.24) is 20.2 Å². The van der Waals surface area contributed by atoms with Gasteiger partial charge in [0, 0.05) is 25.4 Å². The van der Waals surface area contributed by atoms with Gasteiger partial charge in [0.2, 0.25) is 11.8 Å². The predicted molar refractivity (Wildman–Crippen MR) is 129 cm³/mol. The van der Waals surface area contributed by atoms with Gasteiger partial charge in [-0.1, -0.05) is 25.5 Å². The summed E-state index contributed by atoms with van der Waals surface area (Å²) < 4.78 is 12.1. The minimum atomic E-state index is -0.892. The van der Waals surface area contributed by atoms with E-state index in [1.54, 1.807) is 30.3 Å². The lowest BCUT2D eigenvalue weighted by Gasteiger charge is -2.37. The molecule has 184 valence electrons. The third-order valence-corrected chi connectivity index (χ3v) is 6.65. The van der Waals surface area contributed by atoms with Gasteiger partial charge in [-0.15, -0.1) is 0 Å². The molecule has 2 aliphatic rings. The van der Waals surface area contributed by atoms with Crippen LogP contribution in [0.25, 0.3) is 6.08 Å². The number of carbonyl (C=O) groups is 3. The Kier molecular flexibility index (Phi) is 7.54. The molecular weight excluding hydrogens is 472 g/mol. The smallest absolute Gasteiger partial charge is 0.407 e. The highest BCUT2D eigenvalue weighted by molar-refractivity contribution is 8.18. The highest BCUT2D eigenvalue weighted by atomic mass is 32.2. The molecule has 2 fully saturated rings. The number of rotatable bonds is 7. The number of nitrogens with zero attached hydrogens (tertiary/aromatic N) is 3. The lowest BCUT2D eigenvalue weighted by atomic mass is 9.96. The summed E-state index contributed by atoms with van der Waals surface area (Å²) in [6.45, 7) is 4.28. The van der Waals surface area contributed by atoms with Crippen LogP contribution in [0.4, 0.5) is 9.59 Å². The molecule has 0 saturated carbocycles. The maximum absolute atomic E-state index is 11.7. The Morgan fingerprint density at radius 1 is 1.26 bits per heavy atom. The molecule has 0 aliphatic carbocycles. The van der Waals surface area contributed by atoms with E-state index < -0.39 is 12.0 Å². The van der Waals surface area contributed by atoms with Crippen molar-refractivity contribution in [1.29, 1.82) is 0 Å². The summed E-state index contributed by atoms with van der Waals surface area (Å²) >= 11 is 0.865. The lowest BCUT2D eigenvalue weighted by Crippen LogP contribution is -2.48. The van der Waals surface area contributed by atoms with Crippen molar-refractivity contribution in [2.75, 3.05) is 6.54 Å². The molecule has 1 aromatic carbocycles. The number of carbonyl (C=O) groups excluding carboxylic acids is 2. The monoisotopic (exact) mass is 498 g/mol. The standard InChI is InChI=1S/C24H26N4O6S/c1-3-4-16-12-18(9-10-28(16)24(31)32)34-22-14(2)21(25-13-26-22)33-17-7-5-15(6-8-17)11-19-20(29)27-23(30)35-19/h5-8,11,13,16,18H,3-4,9-10,12H2,1-2H3,(H,31,32)(H,27,29,30). The fourth-order valence-electron chi connectivity index (χ4n) is 4.09. The van der Waals surface area contributed by atoms with E-state index in [0.717, 1.165) is 30.2 Å². The number of amides is 3. The average molecular weight is 499 g/mol. The molecule has 1 aromatic heterocycles. The molecule has 4 rings (SSSR count). The summed E-state index contributed by atoms with van der Waals surface area (Å²) in [6.07, 6.45) is 4.85. The second-order valence-corrected chi connectivity index (χ2v) is 9.33. The first-order valence-corrected chi connectivity index (χ1v) is 12.2. The maximum atomic E-state index is 11.7. The quantitative estimate of drug-likeness (QED) is 0.526. The zero-order chi connectivity index (χ0) is 24.9. The highest BCUT2D eigenvalue weighted by Crippen LogP contribution is 2.31. The first kappa shape index (κ1) is 24.5. The van der Waals surface area contributed by atoms with Crippen LogP contribution < -0.4 is 14.8 Å². The summed E-state index contributed by atoms with van der Waals surface area (Å²) in [5.41, 5.74) is 1.39. The van der Waals surface area contributed by atoms with E-state index in [9.17, 15) is 19.5 Å². The number of ether oxygens (including phenoxy) is 2. The minimum Gasteiger partial charge on any atom is -0.474 e. The third-order valence-electron chi connectivity index (χ3n) is 5.84. The molecular formula is C24H26N4O6S. The van der Waals surface area contributed by atoms with Crippen LogP contribution in [0.5, 0.6) is 17.5 Å². The van der Waals surface area contributed by atoms with E-state index in [1.807, 2.05) is 13.8 Å². The highest BCUT2D eigenvalue weighted by Gasteiger charge is 2.32. The Bertz CT molecular complexity index is 1150. The first-order valence-electron chi connectivity index (χ1n) is 11.3. The van der Waals surface area contributed by atoms with Crippen molar-refractivity contribution < 1.29 is 29.0 Å². The van der Waals surface area contributed by atoms with Gasteiger partial charge in [-0.3, -0.25) is 14.9 Å². The number of hydrogen-bond acceptors (Lipinski definition) is 8. The number of carboxylic acid groups (broad SMARTS) is 1. The summed E-state index contributed by atoms with van der Waals surface area (Å²) in [4.78, 5) is 44.9. The molecule has 10 nitrogen and oxygen atoms in total. The molecule has 2 unspecified atom stereocenters. The fourth-order valence-corrected chi connectivity index (χ4v) is 4.78. The van der Waals surface area contributed by atoms with Crippen LogP contribution in [0.2, 0.25) is 0 Å². The topological polar surface area (TPSA) is 131 Å². The number of benzene rings is 1. The Balaban J connectivity index is 1.42. The van der Waals surface area contributed by atoms with Crippen molar-refractivity contribution in [2.24, 2.45) is 0 Å². The van der Waals surface area contributed by atoms with Gasteiger partial charge in [0.1, 0.15) is 18.2 Å². The molecule has 11 heteroatoms. The Morgan fingerprint density at radius 3 is 2.66 bits per heavy atom. The van der Waals surface area contributed by atoms with Crippen molar-refractivity contribution in [3.8, 4) is 17.5 Å². The Hall–Kier alpha value is -3.60. The van der Waals surface area contributed by atoms with Crippen LogP contribution in [0.3, 0.4) is 0 Å². The van der Waals surface area contributed by atoms with Crippen LogP contribution in [0.1, 0.15) is 43.7 Å². The second-order valence-electron chi connectivity index (χ2n) is 8.32. The zero-order valence-corrected chi connectivity index (χ0v) is 20.2. The Labute approximate surface area is 206 Å². The first-order chi connectivity index (χ1) is 16.8. The summed E-state index contributed by atoms with van der Waals surface area (Å²) in [5, 5.41) is 11.3. The van der Waals surface area contributed by atoms with Gasteiger partial charge in [-0.05, 0) is 48.9 Å². The third kappa shape index (κ3) is 5.91. The number of likely N-dealkylation sites (tertiary alicyclic amines) is 1. The number of hydrogen-bond donors (Lipinski definition) is 2. The molecule has 3 heterocycles. The molecule has 2 aliphatic heterocycles. The normalized spacial score (nSPS) is 21.2. The fraction of sp³-hybridized carbons (Fsp3) is 0.375. The summed E-state index contributed by atoms with van der Waals surface area (Å²) in [6, 6.07) is 6.96. The van der Waals surface area contributed by atoms with Crippen LogP contribution in [0, 0.1) is 6.92 Å². The molecule has 3 amide bonds. The number of thioether (sulfide) groups is 1. The molecule has 2 N–H and O–H groups in total. The van der Waals surface area contributed by atoms with Gasteiger partial charge in [-0.2, -0.15) is 0 Å². The maximum Gasteiger partial charge on any atom is 0.407 e. The van der Waals surface area contributed by atoms with Crippen molar-refractivity contribution in [3.63, 3.8) is 0 Å². The van der Waals surface area contributed by atoms with E-state index in [2.05, 4.69) is 15.3 Å².